The van der Waals surface area contributed by atoms with E-state index >= 15 is 0 Å². The molecule has 6 heterocycles. The number of aryl methyl sites for hydroxylation is 1. The molecule has 0 spiro atoms. The van der Waals surface area contributed by atoms with Crippen LogP contribution in [-0.2, 0) is 47.3 Å². The normalized spacial score (nSPS) is 19.6. The van der Waals surface area contributed by atoms with Gasteiger partial charge in [0.25, 0.3) is 11.5 Å². The summed E-state index contributed by atoms with van der Waals surface area (Å²) in [6, 6.07) is 12.0. The van der Waals surface area contributed by atoms with Gasteiger partial charge >= 0.3 is 5.97 Å². The van der Waals surface area contributed by atoms with Crippen molar-refractivity contribution in [2.45, 2.75) is 65.8 Å². The summed E-state index contributed by atoms with van der Waals surface area (Å²) in [4.78, 5) is 55.0. The van der Waals surface area contributed by atoms with E-state index in [1.807, 2.05) is 24.4 Å². The zero-order valence-corrected chi connectivity index (χ0v) is 31.5. The quantitative estimate of drug-likeness (QED) is 0.190. The van der Waals surface area contributed by atoms with Crippen molar-refractivity contribution in [3.63, 3.8) is 0 Å². The lowest BCUT2D eigenvalue weighted by Gasteiger charge is -2.46. The van der Waals surface area contributed by atoms with Gasteiger partial charge in [-0.2, -0.15) is 0 Å². The molecule has 0 radical (unpaired) electrons. The monoisotopic (exact) mass is 730 g/mol. The highest BCUT2D eigenvalue weighted by molar-refractivity contribution is 6.09. The summed E-state index contributed by atoms with van der Waals surface area (Å²) in [7, 11) is 1.67. The third-order valence-corrected chi connectivity index (χ3v) is 11.3. The van der Waals surface area contributed by atoms with Crippen LogP contribution in [0.15, 0.2) is 53.6 Å². The highest BCUT2D eigenvalue weighted by Crippen LogP contribution is 2.44. The summed E-state index contributed by atoms with van der Waals surface area (Å²) in [6.07, 6.45) is 5.37. The molecule has 54 heavy (non-hydrogen) atoms. The molecule has 1 N–H and O–H groups in total. The number of ether oxygens (including phenoxy) is 2. The van der Waals surface area contributed by atoms with Gasteiger partial charge in [-0.25, -0.2) is 9.83 Å². The number of carbonyl (C=O) groups is 2. The van der Waals surface area contributed by atoms with Crippen molar-refractivity contribution in [3.05, 3.63) is 93.1 Å². The SMILES string of the molecule is [C-]#[N+]c1ccc(-c2cc(Nc3ccc(N4CCN(C5COC5)C[C@@H]4C)cn3)c(=O)n(C)c2)c(COC(C)=O)c1N1CCn2c(cc3c2CC(C)(C)C3)C1=O. The zero-order valence-electron chi connectivity index (χ0n) is 31.5. The first-order chi connectivity index (χ1) is 25.9. The Hall–Kier alpha value is -5.45. The van der Waals surface area contributed by atoms with E-state index in [-0.39, 0.29) is 29.2 Å². The van der Waals surface area contributed by atoms with Crippen LogP contribution >= 0.6 is 0 Å². The van der Waals surface area contributed by atoms with Gasteiger partial charge in [-0.1, -0.05) is 26.0 Å². The summed E-state index contributed by atoms with van der Waals surface area (Å²) in [5.41, 5.74) is 6.75. The standard InChI is InChI=1S/C41H46N8O5/c1-25-20-46(30-22-53-23-30)11-12-47(25)29-7-10-37(43-19-29)44-34-15-28(21-45(6)39(34)51)31-8-9-33(42-5)38(32(31)24-54-26(2)50)49-14-13-48-35(40(49)52)16-27-17-41(3,4)18-36(27)48/h7-10,15-16,19,21,25,30H,11-14,17-18,20,22-24H2,1-4,6H3,(H,43,44)/t25-/m0/s1. The topological polar surface area (TPSA) is 119 Å². The number of nitrogens with one attached hydrogen (secondary N) is 1. The molecule has 13 heteroatoms. The van der Waals surface area contributed by atoms with Gasteiger partial charge in [0.1, 0.15) is 23.8 Å². The van der Waals surface area contributed by atoms with Crippen molar-refractivity contribution < 1.29 is 19.1 Å². The second-order valence-corrected chi connectivity index (χ2v) is 15.8. The van der Waals surface area contributed by atoms with E-state index in [0.29, 0.717) is 64.8 Å². The summed E-state index contributed by atoms with van der Waals surface area (Å²) < 4.78 is 14.6. The number of esters is 1. The molecule has 0 unspecified atom stereocenters. The first kappa shape index (κ1) is 35.6. The summed E-state index contributed by atoms with van der Waals surface area (Å²) in [5, 5.41) is 3.23. The lowest BCUT2D eigenvalue weighted by Crippen LogP contribution is -2.59. The van der Waals surface area contributed by atoms with Crippen LogP contribution in [0.5, 0.6) is 0 Å². The van der Waals surface area contributed by atoms with E-state index in [1.165, 1.54) is 22.7 Å². The van der Waals surface area contributed by atoms with Gasteiger partial charge in [-0.05, 0) is 60.6 Å². The molecule has 0 bridgehead atoms. The molecule has 8 rings (SSSR count). The average molecular weight is 731 g/mol. The highest BCUT2D eigenvalue weighted by Gasteiger charge is 2.38. The third-order valence-electron chi connectivity index (χ3n) is 11.3. The number of pyridine rings is 2. The third kappa shape index (κ3) is 6.43. The minimum Gasteiger partial charge on any atom is -0.461 e. The zero-order chi connectivity index (χ0) is 37.9. The maximum Gasteiger partial charge on any atom is 0.302 e. The van der Waals surface area contributed by atoms with Crippen LogP contribution in [0.4, 0.5) is 28.6 Å². The smallest absolute Gasteiger partial charge is 0.302 e. The average Bonchev–Trinajstić information content (AvgIpc) is 3.61. The van der Waals surface area contributed by atoms with Crippen molar-refractivity contribution in [2.24, 2.45) is 12.5 Å². The van der Waals surface area contributed by atoms with Crippen LogP contribution in [0.2, 0.25) is 0 Å². The first-order valence-electron chi connectivity index (χ1n) is 18.6. The second kappa shape index (κ2) is 13.8. The van der Waals surface area contributed by atoms with Crippen LogP contribution in [0.1, 0.15) is 55.0 Å². The molecular formula is C41H46N8O5. The minimum absolute atomic E-state index is 0.152. The van der Waals surface area contributed by atoms with Crippen molar-refractivity contribution in [3.8, 4) is 11.1 Å². The van der Waals surface area contributed by atoms with Gasteiger partial charge in [0, 0.05) is 75.8 Å². The Balaban J connectivity index is 1.11. The molecule has 1 atom stereocenters. The van der Waals surface area contributed by atoms with E-state index in [4.69, 9.17) is 16.0 Å². The molecule has 3 aliphatic heterocycles. The van der Waals surface area contributed by atoms with Gasteiger partial charge in [0.15, 0.2) is 0 Å². The summed E-state index contributed by atoms with van der Waals surface area (Å²) in [5.74, 6) is -0.159. The van der Waals surface area contributed by atoms with Gasteiger partial charge in [0.2, 0.25) is 5.69 Å². The molecule has 1 aliphatic carbocycles. The molecule has 2 saturated heterocycles. The van der Waals surface area contributed by atoms with Crippen LogP contribution < -0.4 is 20.7 Å². The van der Waals surface area contributed by atoms with E-state index in [0.717, 1.165) is 51.4 Å². The Morgan fingerprint density at radius 2 is 1.91 bits per heavy atom. The number of piperazine rings is 1. The molecular weight excluding hydrogens is 685 g/mol. The fraction of sp³-hybridized carbons (Fsp3) is 0.439. The van der Waals surface area contributed by atoms with Crippen molar-refractivity contribution in [2.75, 3.05) is 54.5 Å². The molecule has 280 valence electrons. The van der Waals surface area contributed by atoms with Gasteiger partial charge in [-0.3, -0.25) is 19.3 Å². The largest absolute Gasteiger partial charge is 0.461 e. The van der Waals surface area contributed by atoms with Crippen LogP contribution in [0.3, 0.4) is 0 Å². The van der Waals surface area contributed by atoms with Gasteiger partial charge < -0.3 is 33.7 Å². The number of anilines is 4. The second-order valence-electron chi connectivity index (χ2n) is 15.8. The van der Waals surface area contributed by atoms with Gasteiger partial charge in [-0.15, -0.1) is 0 Å². The maximum atomic E-state index is 14.3. The number of amides is 1. The van der Waals surface area contributed by atoms with E-state index in [9.17, 15) is 14.4 Å². The molecule has 0 saturated carbocycles. The number of carbonyl (C=O) groups excluding carboxylic acids is 2. The molecule has 1 aromatic carbocycles. The van der Waals surface area contributed by atoms with Crippen molar-refractivity contribution in [1.29, 1.82) is 0 Å². The Morgan fingerprint density at radius 3 is 2.59 bits per heavy atom. The lowest BCUT2D eigenvalue weighted by molar-refractivity contribution is -0.142. The fourth-order valence-electron chi connectivity index (χ4n) is 8.58. The van der Waals surface area contributed by atoms with Crippen LogP contribution in [0.25, 0.3) is 16.0 Å². The fourth-order valence-corrected chi connectivity index (χ4v) is 8.58. The molecule has 4 aliphatic rings. The van der Waals surface area contributed by atoms with Crippen LogP contribution in [-0.4, -0.2) is 82.4 Å². The number of hydrogen-bond donors (Lipinski definition) is 1. The highest BCUT2D eigenvalue weighted by atomic mass is 16.5. The minimum atomic E-state index is -0.487. The Kier molecular flexibility index (Phi) is 9.06. The number of fused-ring (bicyclic) bond motifs is 3. The molecule has 1 amide bonds. The number of nitrogens with zero attached hydrogens (tertiary/aromatic N) is 7. The molecule has 13 nitrogen and oxygen atoms in total. The van der Waals surface area contributed by atoms with Gasteiger partial charge in [0.05, 0.1) is 43.4 Å². The predicted octanol–water partition coefficient (Wildman–Crippen LogP) is 5.30. The number of aromatic nitrogens is 3. The van der Waals surface area contributed by atoms with E-state index < -0.39 is 5.97 Å². The van der Waals surface area contributed by atoms with Crippen LogP contribution in [0, 0.1) is 12.0 Å². The van der Waals surface area contributed by atoms with Crippen molar-refractivity contribution in [1.82, 2.24) is 19.0 Å². The number of rotatable bonds is 8. The first-order valence-corrected chi connectivity index (χ1v) is 18.6. The predicted molar refractivity (Wildman–Crippen MR) is 207 cm³/mol. The van der Waals surface area contributed by atoms with Crippen molar-refractivity contribution >= 4 is 40.4 Å². The Labute approximate surface area is 314 Å². The Bertz CT molecular complexity index is 2250. The van der Waals surface area contributed by atoms with E-state index in [2.05, 4.69) is 50.3 Å². The summed E-state index contributed by atoms with van der Waals surface area (Å²) >= 11 is 0. The maximum absolute atomic E-state index is 14.3. The summed E-state index contributed by atoms with van der Waals surface area (Å²) in [6.45, 7) is 21.4. The Morgan fingerprint density at radius 1 is 1.09 bits per heavy atom. The number of benzene rings is 1. The molecule has 3 aromatic heterocycles. The molecule has 4 aromatic rings. The molecule has 2 fully saturated rings. The number of hydrogen-bond acceptors (Lipinski definition) is 9. The van der Waals surface area contributed by atoms with E-state index in [1.54, 1.807) is 36.3 Å². The lowest BCUT2D eigenvalue weighted by atomic mass is 9.90.